The third-order valence-corrected chi connectivity index (χ3v) is 4.15. The van der Waals surface area contributed by atoms with Crippen LogP contribution in [0.2, 0.25) is 0 Å². The van der Waals surface area contributed by atoms with E-state index in [0.29, 0.717) is 19.4 Å². The van der Waals surface area contributed by atoms with Crippen molar-refractivity contribution in [2.45, 2.75) is 18.9 Å². The monoisotopic (exact) mass is 394 g/mol. The lowest BCUT2D eigenvalue weighted by Gasteiger charge is -2.18. The number of fused-ring (bicyclic) bond motifs is 1. The van der Waals surface area contributed by atoms with E-state index < -0.39 is 0 Å². The van der Waals surface area contributed by atoms with Gasteiger partial charge in [-0.3, -0.25) is 9.48 Å². The Hall–Kier alpha value is -2.08. The molecule has 5 nitrogen and oxygen atoms in total. The predicted octanol–water partition coefficient (Wildman–Crippen LogP) is 3.17. The van der Waals surface area contributed by atoms with Crippen molar-refractivity contribution in [2.24, 2.45) is 12.8 Å². The second kappa shape index (κ2) is 10.2. The molecule has 1 heterocycles. The van der Waals surface area contributed by atoms with Crippen LogP contribution in [0.25, 0.3) is 10.8 Å². The fourth-order valence-corrected chi connectivity index (χ4v) is 2.83. The Bertz CT molecular complexity index is 850. The Morgan fingerprint density at radius 1 is 1.19 bits per heavy atom. The topological polar surface area (TPSA) is 72.9 Å². The SMILES string of the molecule is Cl.Cl.Cn1cc(CCC(=O)NC(CN)c2ccc3ccccc3c2)cn1. The zero-order chi connectivity index (χ0) is 16.9. The van der Waals surface area contributed by atoms with E-state index in [0.717, 1.165) is 16.5 Å². The average Bonchev–Trinajstić information content (AvgIpc) is 3.03. The normalized spacial score (nSPS) is 11.3. The van der Waals surface area contributed by atoms with Gasteiger partial charge in [-0.2, -0.15) is 5.10 Å². The molecule has 2 aromatic carbocycles. The van der Waals surface area contributed by atoms with Crippen LogP contribution in [-0.2, 0) is 18.3 Å². The molecule has 7 heteroatoms. The third kappa shape index (κ3) is 5.46. The van der Waals surface area contributed by atoms with Gasteiger partial charge in [-0.25, -0.2) is 0 Å². The molecule has 1 amide bonds. The number of hydrogen-bond donors (Lipinski definition) is 2. The summed E-state index contributed by atoms with van der Waals surface area (Å²) in [5.74, 6) is 0.00228. The number of hydrogen-bond acceptors (Lipinski definition) is 3. The molecule has 1 aromatic heterocycles. The van der Waals surface area contributed by atoms with E-state index in [1.54, 1.807) is 10.9 Å². The minimum Gasteiger partial charge on any atom is -0.348 e. The van der Waals surface area contributed by atoms with Crippen molar-refractivity contribution in [3.8, 4) is 0 Å². The van der Waals surface area contributed by atoms with Crippen LogP contribution in [0.4, 0.5) is 0 Å². The fourth-order valence-electron chi connectivity index (χ4n) is 2.83. The van der Waals surface area contributed by atoms with Crippen molar-refractivity contribution in [3.63, 3.8) is 0 Å². The molecule has 0 fully saturated rings. The number of aryl methyl sites for hydroxylation is 2. The summed E-state index contributed by atoms with van der Waals surface area (Å²) in [6.07, 6.45) is 4.82. The molecule has 0 radical (unpaired) electrons. The molecular formula is C19H24Cl2N4O. The highest BCUT2D eigenvalue weighted by Crippen LogP contribution is 2.20. The molecule has 3 N–H and O–H groups in total. The van der Waals surface area contributed by atoms with Crippen LogP contribution in [-0.4, -0.2) is 22.2 Å². The summed E-state index contributed by atoms with van der Waals surface area (Å²) < 4.78 is 1.74. The molecule has 1 unspecified atom stereocenters. The molecule has 0 aliphatic rings. The molecule has 0 bridgehead atoms. The minimum absolute atomic E-state index is 0. The highest BCUT2D eigenvalue weighted by atomic mass is 35.5. The summed E-state index contributed by atoms with van der Waals surface area (Å²) >= 11 is 0. The zero-order valence-electron chi connectivity index (χ0n) is 14.6. The van der Waals surface area contributed by atoms with E-state index in [2.05, 4.69) is 34.7 Å². The molecule has 0 saturated carbocycles. The van der Waals surface area contributed by atoms with Crippen LogP contribution >= 0.6 is 24.8 Å². The van der Waals surface area contributed by atoms with E-state index in [9.17, 15) is 4.79 Å². The summed E-state index contributed by atoms with van der Waals surface area (Å²) in [5, 5.41) is 9.48. The Kier molecular flexibility index (Phi) is 8.58. The van der Waals surface area contributed by atoms with Crippen molar-refractivity contribution in [3.05, 3.63) is 66.0 Å². The third-order valence-electron chi connectivity index (χ3n) is 4.15. The first-order valence-electron chi connectivity index (χ1n) is 8.11. The number of carbonyl (C=O) groups excluding carboxylic acids is 1. The van der Waals surface area contributed by atoms with Crippen molar-refractivity contribution < 1.29 is 4.79 Å². The van der Waals surface area contributed by atoms with Gasteiger partial charge in [-0.1, -0.05) is 36.4 Å². The highest BCUT2D eigenvalue weighted by molar-refractivity contribution is 5.85. The molecule has 0 spiro atoms. The van der Waals surface area contributed by atoms with Crippen LogP contribution in [0.15, 0.2) is 54.9 Å². The molecule has 1 atom stereocenters. The number of nitrogens with one attached hydrogen (secondary N) is 1. The van der Waals surface area contributed by atoms with Gasteiger partial charge < -0.3 is 11.1 Å². The first-order valence-corrected chi connectivity index (χ1v) is 8.11. The van der Waals surface area contributed by atoms with Gasteiger partial charge in [0.1, 0.15) is 0 Å². The number of nitrogens with zero attached hydrogens (tertiary/aromatic N) is 2. The van der Waals surface area contributed by atoms with Crippen LogP contribution < -0.4 is 11.1 Å². The van der Waals surface area contributed by atoms with Gasteiger partial charge in [0.05, 0.1) is 12.2 Å². The van der Waals surface area contributed by atoms with E-state index in [1.165, 1.54) is 5.39 Å². The van der Waals surface area contributed by atoms with Crippen LogP contribution in [0, 0.1) is 0 Å². The lowest BCUT2D eigenvalue weighted by atomic mass is 10.0. The standard InChI is InChI=1S/C19H22N4O.2ClH/c1-23-13-14(12-21-23)6-9-19(24)22-18(11-20)17-8-7-15-4-2-3-5-16(15)10-17;;/h2-5,7-8,10,12-13,18H,6,9,11,20H2,1H3,(H,22,24);2*1H. The largest absolute Gasteiger partial charge is 0.348 e. The van der Waals surface area contributed by atoms with Gasteiger partial charge in [0.25, 0.3) is 0 Å². The number of aromatic nitrogens is 2. The molecule has 0 aliphatic carbocycles. The van der Waals surface area contributed by atoms with Crippen molar-refractivity contribution in [1.29, 1.82) is 0 Å². The van der Waals surface area contributed by atoms with Gasteiger partial charge in [0.15, 0.2) is 0 Å². The van der Waals surface area contributed by atoms with Crippen molar-refractivity contribution in [2.75, 3.05) is 6.54 Å². The zero-order valence-corrected chi connectivity index (χ0v) is 16.2. The first kappa shape index (κ1) is 22.0. The Labute approximate surface area is 165 Å². The molecule has 140 valence electrons. The maximum atomic E-state index is 12.2. The lowest BCUT2D eigenvalue weighted by Crippen LogP contribution is -2.33. The first-order chi connectivity index (χ1) is 11.7. The van der Waals surface area contributed by atoms with E-state index >= 15 is 0 Å². The maximum absolute atomic E-state index is 12.2. The number of rotatable bonds is 6. The van der Waals surface area contributed by atoms with Gasteiger partial charge in [-0.15, -0.1) is 24.8 Å². The lowest BCUT2D eigenvalue weighted by molar-refractivity contribution is -0.121. The summed E-state index contributed by atoms with van der Waals surface area (Å²) in [6.45, 7) is 0.372. The van der Waals surface area contributed by atoms with Gasteiger partial charge >= 0.3 is 0 Å². The predicted molar refractivity (Wildman–Crippen MR) is 110 cm³/mol. The summed E-state index contributed by atoms with van der Waals surface area (Å²) in [6, 6.07) is 14.2. The van der Waals surface area contributed by atoms with E-state index in [4.69, 9.17) is 5.73 Å². The quantitative estimate of drug-likeness (QED) is 0.674. The Balaban J connectivity index is 0.00000169. The second-order valence-corrected chi connectivity index (χ2v) is 5.98. The van der Waals surface area contributed by atoms with E-state index in [1.807, 2.05) is 31.4 Å². The second-order valence-electron chi connectivity index (χ2n) is 5.98. The van der Waals surface area contributed by atoms with Gasteiger partial charge in [-0.05, 0) is 34.4 Å². The number of benzene rings is 2. The number of halogens is 2. The van der Waals surface area contributed by atoms with Crippen molar-refractivity contribution in [1.82, 2.24) is 15.1 Å². The maximum Gasteiger partial charge on any atom is 0.220 e. The number of amides is 1. The van der Waals surface area contributed by atoms with Crippen LogP contribution in [0.1, 0.15) is 23.6 Å². The van der Waals surface area contributed by atoms with Crippen LogP contribution in [0.3, 0.4) is 0 Å². The summed E-state index contributed by atoms with van der Waals surface area (Å²) in [5.41, 5.74) is 7.97. The average molecular weight is 395 g/mol. The molecule has 0 saturated heterocycles. The van der Waals surface area contributed by atoms with Crippen LogP contribution in [0.5, 0.6) is 0 Å². The molecule has 26 heavy (non-hydrogen) atoms. The van der Waals surface area contributed by atoms with Gasteiger partial charge in [0, 0.05) is 26.2 Å². The molecule has 3 rings (SSSR count). The van der Waals surface area contributed by atoms with Gasteiger partial charge in [0.2, 0.25) is 5.91 Å². The summed E-state index contributed by atoms with van der Waals surface area (Å²) in [4.78, 5) is 12.2. The molecule has 3 aromatic rings. The fraction of sp³-hybridized carbons (Fsp3) is 0.263. The Morgan fingerprint density at radius 2 is 1.92 bits per heavy atom. The van der Waals surface area contributed by atoms with E-state index in [-0.39, 0.29) is 36.8 Å². The highest BCUT2D eigenvalue weighted by Gasteiger charge is 2.13. The number of nitrogens with two attached hydrogens (primary N) is 1. The van der Waals surface area contributed by atoms with Crippen molar-refractivity contribution >= 4 is 41.5 Å². The molecule has 0 aliphatic heterocycles. The Morgan fingerprint density at radius 3 is 2.58 bits per heavy atom. The smallest absolute Gasteiger partial charge is 0.220 e. The molecular weight excluding hydrogens is 371 g/mol. The number of carbonyl (C=O) groups is 1. The summed E-state index contributed by atoms with van der Waals surface area (Å²) in [7, 11) is 1.87. The minimum atomic E-state index is -0.170.